The lowest BCUT2D eigenvalue weighted by Gasteiger charge is -2.16. The molecule has 2 unspecified atom stereocenters. The molecule has 1 saturated heterocycles. The number of nitrogens with one attached hydrogen (secondary N) is 1. The SMILES string of the molecule is Cc1c(C(C)NCC2CCSC2)cnn1C. The Kier molecular flexibility index (Phi) is 3.92. The van der Waals surface area contributed by atoms with Gasteiger partial charge in [0, 0.05) is 24.3 Å². The van der Waals surface area contributed by atoms with E-state index in [2.05, 4.69) is 36.0 Å². The van der Waals surface area contributed by atoms with Crippen LogP contribution < -0.4 is 5.32 Å². The fourth-order valence-electron chi connectivity index (χ4n) is 2.14. The Bertz CT molecular complexity index is 342. The van der Waals surface area contributed by atoms with Crippen molar-refractivity contribution in [3.8, 4) is 0 Å². The second-order valence-corrected chi connectivity index (χ2v) is 5.82. The van der Waals surface area contributed by atoms with Gasteiger partial charge in [0.15, 0.2) is 0 Å². The van der Waals surface area contributed by atoms with Gasteiger partial charge in [-0.15, -0.1) is 0 Å². The van der Waals surface area contributed by atoms with Gasteiger partial charge in [0.1, 0.15) is 0 Å². The van der Waals surface area contributed by atoms with Gasteiger partial charge in [0.05, 0.1) is 6.20 Å². The molecule has 16 heavy (non-hydrogen) atoms. The summed E-state index contributed by atoms with van der Waals surface area (Å²) >= 11 is 2.08. The molecule has 0 radical (unpaired) electrons. The highest BCUT2D eigenvalue weighted by atomic mass is 32.2. The molecule has 1 aliphatic rings. The molecule has 1 fully saturated rings. The van der Waals surface area contributed by atoms with Crippen LogP contribution >= 0.6 is 11.8 Å². The van der Waals surface area contributed by atoms with Crippen molar-refractivity contribution in [2.45, 2.75) is 26.3 Å². The van der Waals surface area contributed by atoms with Gasteiger partial charge in [-0.1, -0.05) is 0 Å². The van der Waals surface area contributed by atoms with Crippen LogP contribution in [0.4, 0.5) is 0 Å². The lowest BCUT2D eigenvalue weighted by atomic mass is 10.1. The lowest BCUT2D eigenvalue weighted by molar-refractivity contribution is 0.476. The molecule has 0 spiro atoms. The van der Waals surface area contributed by atoms with Crippen molar-refractivity contribution in [2.24, 2.45) is 13.0 Å². The van der Waals surface area contributed by atoms with Crippen LogP contribution in [0.5, 0.6) is 0 Å². The maximum absolute atomic E-state index is 4.29. The molecule has 2 rings (SSSR count). The highest BCUT2D eigenvalue weighted by Crippen LogP contribution is 2.24. The van der Waals surface area contributed by atoms with E-state index in [1.165, 1.54) is 29.2 Å². The van der Waals surface area contributed by atoms with Crippen molar-refractivity contribution in [1.29, 1.82) is 0 Å². The standard InChI is InChI=1S/C12H21N3S/c1-9(12-7-14-15(3)10(12)2)13-6-11-4-5-16-8-11/h7,9,11,13H,4-6,8H2,1-3H3. The van der Waals surface area contributed by atoms with Crippen molar-refractivity contribution in [3.05, 3.63) is 17.5 Å². The molecule has 90 valence electrons. The summed E-state index contributed by atoms with van der Waals surface area (Å²) in [7, 11) is 2.00. The molecule has 1 N–H and O–H groups in total. The smallest absolute Gasteiger partial charge is 0.0540 e. The van der Waals surface area contributed by atoms with E-state index in [0.717, 1.165) is 12.5 Å². The van der Waals surface area contributed by atoms with E-state index in [9.17, 15) is 0 Å². The Morgan fingerprint density at radius 3 is 3.06 bits per heavy atom. The maximum atomic E-state index is 4.29. The number of aromatic nitrogens is 2. The number of rotatable bonds is 4. The Morgan fingerprint density at radius 2 is 2.50 bits per heavy atom. The van der Waals surface area contributed by atoms with Crippen molar-refractivity contribution >= 4 is 11.8 Å². The van der Waals surface area contributed by atoms with Gasteiger partial charge in [-0.05, 0) is 44.2 Å². The largest absolute Gasteiger partial charge is 0.310 e. The second kappa shape index (κ2) is 5.23. The second-order valence-electron chi connectivity index (χ2n) is 4.67. The fraction of sp³-hybridized carbons (Fsp3) is 0.750. The van der Waals surface area contributed by atoms with Crippen LogP contribution in [0, 0.1) is 12.8 Å². The first-order valence-corrected chi connectivity index (χ1v) is 7.13. The van der Waals surface area contributed by atoms with Crippen molar-refractivity contribution in [1.82, 2.24) is 15.1 Å². The van der Waals surface area contributed by atoms with Gasteiger partial charge in [-0.3, -0.25) is 4.68 Å². The molecule has 2 atom stereocenters. The van der Waals surface area contributed by atoms with Crippen molar-refractivity contribution in [3.63, 3.8) is 0 Å². The third-order valence-corrected chi connectivity index (χ3v) is 4.71. The summed E-state index contributed by atoms with van der Waals surface area (Å²) < 4.78 is 1.94. The quantitative estimate of drug-likeness (QED) is 0.873. The zero-order chi connectivity index (χ0) is 11.5. The lowest BCUT2D eigenvalue weighted by Crippen LogP contribution is -2.26. The average molecular weight is 239 g/mol. The molecular formula is C12H21N3S. The monoisotopic (exact) mass is 239 g/mol. The first kappa shape index (κ1) is 12.0. The summed E-state index contributed by atoms with van der Waals surface area (Å²) in [6, 6.07) is 0.416. The van der Waals surface area contributed by atoms with E-state index in [4.69, 9.17) is 0 Å². The molecule has 4 heteroatoms. The molecule has 3 nitrogen and oxygen atoms in total. The molecule has 0 saturated carbocycles. The highest BCUT2D eigenvalue weighted by molar-refractivity contribution is 7.99. The summed E-state index contributed by atoms with van der Waals surface area (Å²) in [6.45, 7) is 5.50. The van der Waals surface area contributed by atoms with E-state index in [1.54, 1.807) is 0 Å². The van der Waals surface area contributed by atoms with Gasteiger partial charge >= 0.3 is 0 Å². The molecule has 1 aliphatic heterocycles. The van der Waals surface area contributed by atoms with Crippen molar-refractivity contribution in [2.75, 3.05) is 18.1 Å². The molecule has 1 aromatic heterocycles. The number of aryl methyl sites for hydroxylation is 1. The number of thioether (sulfide) groups is 1. The van der Waals surface area contributed by atoms with Gasteiger partial charge in [0.25, 0.3) is 0 Å². The van der Waals surface area contributed by atoms with Crippen molar-refractivity contribution < 1.29 is 0 Å². The van der Waals surface area contributed by atoms with E-state index in [-0.39, 0.29) is 0 Å². The highest BCUT2D eigenvalue weighted by Gasteiger charge is 2.17. The van der Waals surface area contributed by atoms with Crippen LogP contribution in [0.2, 0.25) is 0 Å². The minimum absolute atomic E-state index is 0.416. The predicted molar refractivity (Wildman–Crippen MR) is 69.8 cm³/mol. The van der Waals surface area contributed by atoms with E-state index >= 15 is 0 Å². The van der Waals surface area contributed by atoms with E-state index in [0.29, 0.717) is 6.04 Å². The molecule has 0 aliphatic carbocycles. The Balaban J connectivity index is 1.87. The minimum atomic E-state index is 0.416. The Hall–Kier alpha value is -0.480. The van der Waals surface area contributed by atoms with Gasteiger partial charge in [0.2, 0.25) is 0 Å². The summed E-state index contributed by atoms with van der Waals surface area (Å²) in [5.41, 5.74) is 2.59. The van der Waals surface area contributed by atoms with Gasteiger partial charge < -0.3 is 5.32 Å². The summed E-state index contributed by atoms with van der Waals surface area (Å²) in [6.07, 6.45) is 3.35. The Labute approximate surface area is 102 Å². The molecule has 0 aromatic carbocycles. The van der Waals surface area contributed by atoms with Gasteiger partial charge in [-0.25, -0.2) is 0 Å². The van der Waals surface area contributed by atoms with Crippen LogP contribution in [0.15, 0.2) is 6.20 Å². The molecule has 1 aromatic rings. The first-order valence-electron chi connectivity index (χ1n) is 5.98. The Morgan fingerprint density at radius 1 is 1.69 bits per heavy atom. The minimum Gasteiger partial charge on any atom is -0.310 e. The zero-order valence-electron chi connectivity index (χ0n) is 10.4. The van der Waals surface area contributed by atoms with E-state index < -0.39 is 0 Å². The van der Waals surface area contributed by atoms with Crippen LogP contribution in [-0.2, 0) is 7.05 Å². The van der Waals surface area contributed by atoms with Crippen LogP contribution in [-0.4, -0.2) is 27.8 Å². The number of nitrogens with zero attached hydrogens (tertiary/aromatic N) is 2. The first-order chi connectivity index (χ1) is 7.68. The molecule has 0 bridgehead atoms. The molecular weight excluding hydrogens is 218 g/mol. The molecule has 0 amide bonds. The summed E-state index contributed by atoms with van der Waals surface area (Å²) in [5, 5.41) is 7.92. The zero-order valence-corrected chi connectivity index (χ0v) is 11.2. The topological polar surface area (TPSA) is 29.9 Å². The molecule has 2 heterocycles. The number of hydrogen-bond acceptors (Lipinski definition) is 3. The van der Waals surface area contributed by atoms with Crippen LogP contribution in [0.1, 0.15) is 30.6 Å². The predicted octanol–water partition coefficient (Wildman–Crippen LogP) is 2.13. The van der Waals surface area contributed by atoms with E-state index in [1.807, 2.05) is 17.9 Å². The summed E-state index contributed by atoms with van der Waals surface area (Å²) in [4.78, 5) is 0. The van der Waals surface area contributed by atoms with Crippen LogP contribution in [0.3, 0.4) is 0 Å². The number of hydrogen-bond donors (Lipinski definition) is 1. The van der Waals surface area contributed by atoms with Crippen LogP contribution in [0.25, 0.3) is 0 Å². The van der Waals surface area contributed by atoms with Gasteiger partial charge in [-0.2, -0.15) is 16.9 Å². The fourth-order valence-corrected chi connectivity index (χ4v) is 3.42. The average Bonchev–Trinajstić information content (AvgIpc) is 2.88. The third-order valence-electron chi connectivity index (χ3n) is 3.48. The summed E-state index contributed by atoms with van der Waals surface area (Å²) in [5.74, 6) is 3.53. The normalized spacial score (nSPS) is 22.6. The third kappa shape index (κ3) is 2.61. The maximum Gasteiger partial charge on any atom is 0.0540 e.